The van der Waals surface area contributed by atoms with Crippen molar-refractivity contribution in [2.24, 2.45) is 11.8 Å². The fourth-order valence-electron chi connectivity index (χ4n) is 12.3. The molecule has 99 heavy (non-hydrogen) atoms. The number of phosphoric acid groups is 2. The van der Waals surface area contributed by atoms with Crippen molar-refractivity contribution in [3.63, 3.8) is 0 Å². The van der Waals surface area contributed by atoms with Gasteiger partial charge < -0.3 is 33.8 Å². The Morgan fingerprint density at radius 3 is 0.717 bits per heavy atom. The molecule has 0 bridgehead atoms. The highest BCUT2D eigenvalue weighted by Gasteiger charge is 2.30. The van der Waals surface area contributed by atoms with E-state index in [1.807, 2.05) is 0 Å². The van der Waals surface area contributed by atoms with Gasteiger partial charge in [-0.05, 0) is 37.5 Å². The minimum atomic E-state index is -4.96. The van der Waals surface area contributed by atoms with Crippen LogP contribution in [0.2, 0.25) is 0 Å². The second-order valence-electron chi connectivity index (χ2n) is 29.3. The fourth-order valence-corrected chi connectivity index (χ4v) is 13.9. The number of carbonyl (C=O) groups excluding carboxylic acids is 4. The summed E-state index contributed by atoms with van der Waals surface area (Å²) in [6, 6.07) is 0. The molecule has 0 aliphatic heterocycles. The zero-order chi connectivity index (χ0) is 72.8. The second-order valence-corrected chi connectivity index (χ2v) is 32.2. The molecule has 3 N–H and O–H groups in total. The van der Waals surface area contributed by atoms with E-state index in [-0.39, 0.29) is 25.7 Å². The average Bonchev–Trinajstić information content (AvgIpc) is 1.09. The summed E-state index contributed by atoms with van der Waals surface area (Å²) in [6.07, 6.45) is 60.8. The molecule has 0 spiro atoms. The predicted molar refractivity (Wildman–Crippen MR) is 405 cm³/mol. The molecule has 0 saturated heterocycles. The smallest absolute Gasteiger partial charge is 0.462 e. The number of hydrogen-bond donors (Lipinski definition) is 3. The summed E-state index contributed by atoms with van der Waals surface area (Å²) in [5, 5.41) is 10.6. The first kappa shape index (κ1) is 97.1. The Labute approximate surface area is 607 Å². The Morgan fingerprint density at radius 1 is 0.283 bits per heavy atom. The van der Waals surface area contributed by atoms with E-state index in [1.165, 1.54) is 238 Å². The van der Waals surface area contributed by atoms with Crippen molar-refractivity contribution in [1.29, 1.82) is 0 Å². The van der Waals surface area contributed by atoms with Gasteiger partial charge in [-0.1, -0.05) is 369 Å². The van der Waals surface area contributed by atoms with Crippen LogP contribution in [0.15, 0.2) is 0 Å². The molecule has 0 heterocycles. The third-order valence-electron chi connectivity index (χ3n) is 19.4. The van der Waals surface area contributed by atoms with E-state index < -0.39 is 97.5 Å². The van der Waals surface area contributed by atoms with Crippen LogP contribution in [0.3, 0.4) is 0 Å². The lowest BCUT2D eigenvalue weighted by atomic mass is 9.99. The molecular formula is C80H156O17P2. The Bertz CT molecular complexity index is 1910. The second kappa shape index (κ2) is 71.7. The molecule has 0 amide bonds. The maximum Gasteiger partial charge on any atom is 0.472 e. The molecular weight excluding hydrogens is 1290 g/mol. The van der Waals surface area contributed by atoms with Crippen LogP contribution in [0, 0.1) is 11.8 Å². The lowest BCUT2D eigenvalue weighted by molar-refractivity contribution is -0.161. The first-order valence-electron chi connectivity index (χ1n) is 41.6. The molecule has 0 fully saturated rings. The lowest BCUT2D eigenvalue weighted by Crippen LogP contribution is -2.30. The van der Waals surface area contributed by atoms with Crippen molar-refractivity contribution in [2.75, 3.05) is 39.6 Å². The SMILES string of the molecule is CCCCCCCCCCCCCCCCCCCCCC(=O)O[C@H](COC(=O)CCCCCCCCCCCCC(C)CC)COP(=O)(O)OC[C@@H](O)COP(=O)(O)OC[C@@H](COC(=O)CCCCCCCCCCC(C)CC)OC(=O)CCCCCCCCCCCCCCCC. The molecule has 588 valence electrons. The zero-order valence-electron chi connectivity index (χ0n) is 64.8. The molecule has 4 unspecified atom stereocenters. The Hall–Kier alpha value is -1.94. The summed E-state index contributed by atoms with van der Waals surface area (Å²) in [5.41, 5.74) is 0. The molecule has 0 aliphatic rings. The number of hydrogen-bond acceptors (Lipinski definition) is 15. The van der Waals surface area contributed by atoms with Gasteiger partial charge >= 0.3 is 39.5 Å². The number of aliphatic hydroxyl groups is 1. The maximum atomic E-state index is 13.1. The quantitative estimate of drug-likeness (QED) is 0.0222. The molecule has 0 rings (SSSR count). The summed E-state index contributed by atoms with van der Waals surface area (Å²) in [6.45, 7) is 9.66. The highest BCUT2D eigenvalue weighted by Crippen LogP contribution is 2.45. The van der Waals surface area contributed by atoms with E-state index in [2.05, 4.69) is 41.5 Å². The summed E-state index contributed by atoms with van der Waals surface area (Å²) in [4.78, 5) is 73.0. The van der Waals surface area contributed by atoms with Crippen LogP contribution in [-0.2, 0) is 65.4 Å². The topological polar surface area (TPSA) is 237 Å². The number of aliphatic hydroxyl groups excluding tert-OH is 1. The molecule has 0 saturated carbocycles. The minimum Gasteiger partial charge on any atom is -0.462 e. The van der Waals surface area contributed by atoms with Gasteiger partial charge in [0, 0.05) is 25.7 Å². The van der Waals surface area contributed by atoms with Gasteiger partial charge in [-0.25, -0.2) is 9.13 Å². The van der Waals surface area contributed by atoms with Crippen LogP contribution in [0.5, 0.6) is 0 Å². The van der Waals surface area contributed by atoms with Gasteiger partial charge in [-0.15, -0.1) is 0 Å². The fraction of sp³-hybridized carbons (Fsp3) is 0.950. The van der Waals surface area contributed by atoms with Gasteiger partial charge in [0.15, 0.2) is 12.2 Å². The molecule has 0 radical (unpaired) electrons. The predicted octanol–water partition coefficient (Wildman–Crippen LogP) is 23.9. The van der Waals surface area contributed by atoms with Gasteiger partial charge in [0.05, 0.1) is 26.4 Å². The summed E-state index contributed by atoms with van der Waals surface area (Å²) >= 11 is 0. The van der Waals surface area contributed by atoms with E-state index >= 15 is 0 Å². The standard InChI is InChI=1S/C80H156O17P2/c1-7-11-13-15-17-19-21-23-25-26-27-28-29-31-33-39-47-53-59-65-80(85)96-75(68-90-77(82)62-56-50-44-37-35-34-36-42-48-54-60-72(5)9-3)70-94-98(86,87)92-66-74(81)67-93-99(88,89)95-71-76(69-91-78(83)63-57-51-45-41-40-43-49-55-61-73(6)10-4)97-79(84)64-58-52-46-38-32-30-24-22-20-18-16-14-12-8-2/h72-76,81H,7-71H2,1-6H3,(H,86,87)(H,88,89)/t72?,73?,74-,75-,76-/m1/s1. The monoisotopic (exact) mass is 1450 g/mol. The van der Waals surface area contributed by atoms with Crippen molar-refractivity contribution in [2.45, 2.75) is 439 Å². The van der Waals surface area contributed by atoms with Gasteiger partial charge in [0.1, 0.15) is 19.3 Å². The highest BCUT2D eigenvalue weighted by molar-refractivity contribution is 7.47. The average molecular weight is 1450 g/mol. The van der Waals surface area contributed by atoms with E-state index in [9.17, 15) is 43.2 Å². The minimum absolute atomic E-state index is 0.108. The first-order valence-corrected chi connectivity index (χ1v) is 44.6. The molecule has 0 aromatic carbocycles. The van der Waals surface area contributed by atoms with E-state index in [1.54, 1.807) is 0 Å². The van der Waals surface area contributed by atoms with E-state index in [0.717, 1.165) is 102 Å². The van der Waals surface area contributed by atoms with Crippen LogP contribution >= 0.6 is 15.6 Å². The first-order chi connectivity index (χ1) is 47.9. The normalized spacial score (nSPS) is 14.5. The number of unbranched alkanes of at least 4 members (excludes halogenated alkanes) is 47. The summed E-state index contributed by atoms with van der Waals surface area (Å²) in [7, 11) is -9.92. The molecule has 17 nitrogen and oxygen atoms in total. The molecule has 0 aliphatic carbocycles. The van der Waals surface area contributed by atoms with Crippen molar-refractivity contribution in [3.05, 3.63) is 0 Å². The largest absolute Gasteiger partial charge is 0.472 e. The van der Waals surface area contributed by atoms with Crippen LogP contribution < -0.4 is 0 Å². The van der Waals surface area contributed by atoms with Crippen LogP contribution in [0.1, 0.15) is 420 Å². The number of esters is 4. The number of ether oxygens (including phenoxy) is 4. The van der Waals surface area contributed by atoms with Gasteiger partial charge in [-0.2, -0.15) is 0 Å². The van der Waals surface area contributed by atoms with Gasteiger partial charge in [0.25, 0.3) is 0 Å². The number of phosphoric ester groups is 2. The Morgan fingerprint density at radius 2 is 0.485 bits per heavy atom. The maximum absolute atomic E-state index is 13.1. The Balaban J connectivity index is 5.26. The van der Waals surface area contributed by atoms with Crippen molar-refractivity contribution in [1.82, 2.24) is 0 Å². The third-order valence-corrected chi connectivity index (χ3v) is 21.3. The van der Waals surface area contributed by atoms with Crippen LogP contribution in [0.4, 0.5) is 0 Å². The highest BCUT2D eigenvalue weighted by atomic mass is 31.2. The molecule has 0 aromatic heterocycles. The third kappa shape index (κ3) is 71.5. The van der Waals surface area contributed by atoms with Crippen LogP contribution in [-0.4, -0.2) is 96.7 Å². The summed E-state index contributed by atoms with van der Waals surface area (Å²) < 4.78 is 68.7. The molecule has 7 atom stereocenters. The van der Waals surface area contributed by atoms with Crippen molar-refractivity contribution in [3.8, 4) is 0 Å². The molecule has 0 aromatic rings. The van der Waals surface area contributed by atoms with Crippen molar-refractivity contribution >= 4 is 39.5 Å². The van der Waals surface area contributed by atoms with Crippen molar-refractivity contribution < 1.29 is 80.2 Å². The Kier molecular flexibility index (Phi) is 70.3. The molecule has 19 heteroatoms. The van der Waals surface area contributed by atoms with Crippen LogP contribution in [0.25, 0.3) is 0 Å². The lowest BCUT2D eigenvalue weighted by Gasteiger charge is -2.21. The van der Waals surface area contributed by atoms with E-state index in [0.29, 0.717) is 25.7 Å². The summed E-state index contributed by atoms with van der Waals surface area (Å²) in [5.74, 6) is -0.522. The number of rotatable bonds is 79. The van der Waals surface area contributed by atoms with E-state index in [4.69, 9.17) is 37.0 Å². The van der Waals surface area contributed by atoms with Gasteiger partial charge in [-0.3, -0.25) is 37.3 Å². The van der Waals surface area contributed by atoms with Gasteiger partial charge in [0.2, 0.25) is 0 Å². The zero-order valence-corrected chi connectivity index (χ0v) is 66.6. The number of carbonyl (C=O) groups is 4.